The molecule has 3 aromatic carbocycles. The molecule has 1 N–H and O–H groups in total. The number of nitrogens with zero attached hydrogens (tertiary/aromatic N) is 3. The summed E-state index contributed by atoms with van der Waals surface area (Å²) in [6, 6.07) is 21.6. The normalized spacial score (nSPS) is 10.9. The maximum Gasteiger partial charge on any atom is 0.234 e. The molecule has 0 aliphatic heterocycles. The largest absolute Gasteiger partial charge is 0.496 e. The molecule has 4 rings (SSSR count). The van der Waals surface area contributed by atoms with Crippen LogP contribution in [0.1, 0.15) is 6.92 Å². The first-order valence-corrected chi connectivity index (χ1v) is 10.7. The molecular formula is C23H22N4O2S. The van der Waals surface area contributed by atoms with E-state index in [1.807, 2.05) is 78.2 Å². The fourth-order valence-corrected chi connectivity index (χ4v) is 4.16. The summed E-state index contributed by atoms with van der Waals surface area (Å²) in [5.74, 6) is 1.63. The second kappa shape index (κ2) is 9.00. The predicted octanol–water partition coefficient (Wildman–Crippen LogP) is 4.86. The van der Waals surface area contributed by atoms with Gasteiger partial charge in [-0.05, 0) is 30.5 Å². The minimum Gasteiger partial charge on any atom is -0.496 e. The number of hydrogen-bond donors (Lipinski definition) is 1. The molecule has 0 radical (unpaired) electrons. The molecule has 0 unspecified atom stereocenters. The number of para-hydroxylation sites is 1. The van der Waals surface area contributed by atoms with Crippen molar-refractivity contribution < 1.29 is 9.53 Å². The topological polar surface area (TPSA) is 69.0 Å². The minimum atomic E-state index is -0.0825. The molecule has 1 aromatic heterocycles. The van der Waals surface area contributed by atoms with Gasteiger partial charge >= 0.3 is 0 Å². The Balaban J connectivity index is 1.50. The third-order valence-corrected chi connectivity index (χ3v) is 5.74. The maximum atomic E-state index is 12.6. The lowest BCUT2D eigenvalue weighted by molar-refractivity contribution is -0.113. The highest BCUT2D eigenvalue weighted by atomic mass is 32.2. The number of aromatic nitrogens is 3. The fourth-order valence-electron chi connectivity index (χ4n) is 3.36. The number of methoxy groups -OCH3 is 1. The molecule has 7 heteroatoms. The lowest BCUT2D eigenvalue weighted by Gasteiger charge is -2.11. The lowest BCUT2D eigenvalue weighted by Crippen LogP contribution is -2.15. The van der Waals surface area contributed by atoms with Crippen LogP contribution in [-0.2, 0) is 11.3 Å². The van der Waals surface area contributed by atoms with Gasteiger partial charge in [-0.1, -0.05) is 60.3 Å². The number of carbonyl (C=O) groups is 1. The summed E-state index contributed by atoms with van der Waals surface area (Å²) in [7, 11) is 1.64. The van der Waals surface area contributed by atoms with Crippen molar-refractivity contribution in [3.05, 3.63) is 66.7 Å². The fraction of sp³-hybridized carbons (Fsp3) is 0.174. The highest BCUT2D eigenvalue weighted by Crippen LogP contribution is 2.31. The van der Waals surface area contributed by atoms with Crippen LogP contribution in [-0.4, -0.2) is 33.5 Å². The van der Waals surface area contributed by atoms with Crippen LogP contribution >= 0.6 is 11.8 Å². The molecule has 152 valence electrons. The number of nitrogens with one attached hydrogen (secondary N) is 1. The Morgan fingerprint density at radius 3 is 2.63 bits per heavy atom. The summed E-state index contributed by atoms with van der Waals surface area (Å²) in [6.45, 7) is 2.72. The van der Waals surface area contributed by atoms with E-state index in [0.717, 1.165) is 33.6 Å². The van der Waals surface area contributed by atoms with Crippen LogP contribution in [0.2, 0.25) is 0 Å². The summed E-state index contributed by atoms with van der Waals surface area (Å²) in [5, 5.41) is 14.5. The first-order valence-electron chi connectivity index (χ1n) is 9.68. The second-order valence-corrected chi connectivity index (χ2v) is 7.56. The minimum absolute atomic E-state index is 0.0825. The molecule has 1 heterocycles. The van der Waals surface area contributed by atoms with Crippen molar-refractivity contribution in [2.24, 2.45) is 0 Å². The molecule has 6 nitrogen and oxygen atoms in total. The molecule has 4 aromatic rings. The van der Waals surface area contributed by atoms with Crippen LogP contribution in [0.3, 0.4) is 0 Å². The summed E-state index contributed by atoms with van der Waals surface area (Å²) in [6.07, 6.45) is 0. The van der Waals surface area contributed by atoms with Crippen LogP contribution in [0.25, 0.3) is 22.2 Å². The molecule has 0 saturated carbocycles. The number of thioether (sulfide) groups is 1. The molecule has 1 amide bonds. The van der Waals surface area contributed by atoms with Gasteiger partial charge in [0.05, 0.1) is 18.4 Å². The Morgan fingerprint density at radius 1 is 1.03 bits per heavy atom. The molecule has 0 fully saturated rings. The molecule has 0 bridgehead atoms. The van der Waals surface area contributed by atoms with E-state index in [9.17, 15) is 4.79 Å². The highest BCUT2D eigenvalue weighted by molar-refractivity contribution is 7.99. The average molecular weight is 419 g/mol. The first-order chi connectivity index (χ1) is 14.7. The zero-order chi connectivity index (χ0) is 20.9. The third-order valence-electron chi connectivity index (χ3n) is 4.78. The zero-order valence-electron chi connectivity index (χ0n) is 16.8. The number of anilines is 1. The quantitative estimate of drug-likeness (QED) is 0.434. The van der Waals surface area contributed by atoms with Gasteiger partial charge in [-0.2, -0.15) is 0 Å². The van der Waals surface area contributed by atoms with E-state index in [2.05, 4.69) is 15.5 Å². The zero-order valence-corrected chi connectivity index (χ0v) is 17.6. The van der Waals surface area contributed by atoms with E-state index < -0.39 is 0 Å². The van der Waals surface area contributed by atoms with Gasteiger partial charge in [0, 0.05) is 17.6 Å². The van der Waals surface area contributed by atoms with E-state index >= 15 is 0 Å². The Bertz CT molecular complexity index is 1180. The van der Waals surface area contributed by atoms with E-state index in [1.54, 1.807) is 7.11 Å². The summed E-state index contributed by atoms with van der Waals surface area (Å²) in [5.41, 5.74) is 1.69. The van der Waals surface area contributed by atoms with Gasteiger partial charge in [-0.25, -0.2) is 0 Å². The molecule has 0 aliphatic carbocycles. The second-order valence-electron chi connectivity index (χ2n) is 6.61. The van der Waals surface area contributed by atoms with Crippen molar-refractivity contribution in [1.82, 2.24) is 14.8 Å². The van der Waals surface area contributed by atoms with Crippen molar-refractivity contribution in [2.75, 3.05) is 18.2 Å². The van der Waals surface area contributed by atoms with Crippen LogP contribution in [0.15, 0.2) is 71.9 Å². The number of fused-ring (bicyclic) bond motifs is 1. The first kappa shape index (κ1) is 20.0. The van der Waals surface area contributed by atoms with Gasteiger partial charge in [0.25, 0.3) is 0 Å². The Labute approximate surface area is 179 Å². The van der Waals surface area contributed by atoms with Crippen LogP contribution < -0.4 is 10.1 Å². The summed E-state index contributed by atoms with van der Waals surface area (Å²) >= 11 is 1.37. The Morgan fingerprint density at radius 2 is 1.80 bits per heavy atom. The van der Waals surface area contributed by atoms with Crippen molar-refractivity contribution in [2.45, 2.75) is 18.6 Å². The molecule has 0 atom stereocenters. The van der Waals surface area contributed by atoms with Crippen molar-refractivity contribution in [3.63, 3.8) is 0 Å². The lowest BCUT2D eigenvalue weighted by atomic mass is 10.1. The van der Waals surface area contributed by atoms with E-state index in [1.165, 1.54) is 11.8 Å². The smallest absolute Gasteiger partial charge is 0.234 e. The average Bonchev–Trinajstić information content (AvgIpc) is 3.20. The monoisotopic (exact) mass is 418 g/mol. The number of hydrogen-bond acceptors (Lipinski definition) is 5. The SMILES string of the molecule is CCn1c(SCC(=O)Nc2cccc3ccccc23)nnc1-c1ccccc1OC. The number of amides is 1. The van der Waals surface area contributed by atoms with Gasteiger partial charge < -0.3 is 14.6 Å². The van der Waals surface area contributed by atoms with Gasteiger partial charge in [0.15, 0.2) is 11.0 Å². The van der Waals surface area contributed by atoms with Crippen molar-refractivity contribution in [1.29, 1.82) is 0 Å². The van der Waals surface area contributed by atoms with Gasteiger partial charge in [-0.15, -0.1) is 10.2 Å². The number of rotatable bonds is 7. The number of carbonyl (C=O) groups excluding carboxylic acids is 1. The molecule has 0 saturated heterocycles. The molecular weight excluding hydrogens is 396 g/mol. The maximum absolute atomic E-state index is 12.6. The molecule has 0 aliphatic rings. The van der Waals surface area contributed by atoms with Crippen LogP contribution in [0.5, 0.6) is 5.75 Å². The Kier molecular flexibility index (Phi) is 5.99. The molecule has 0 spiro atoms. The highest BCUT2D eigenvalue weighted by Gasteiger charge is 2.17. The molecule has 30 heavy (non-hydrogen) atoms. The van der Waals surface area contributed by atoms with E-state index in [-0.39, 0.29) is 11.7 Å². The number of benzene rings is 3. The van der Waals surface area contributed by atoms with Gasteiger partial charge in [0.1, 0.15) is 5.75 Å². The number of ether oxygens (including phenoxy) is 1. The van der Waals surface area contributed by atoms with Gasteiger partial charge in [0.2, 0.25) is 5.91 Å². The third kappa shape index (κ3) is 4.02. The Hall–Kier alpha value is -3.32. The van der Waals surface area contributed by atoms with Gasteiger partial charge in [-0.3, -0.25) is 4.79 Å². The van der Waals surface area contributed by atoms with E-state index in [4.69, 9.17) is 4.74 Å². The van der Waals surface area contributed by atoms with Crippen LogP contribution in [0.4, 0.5) is 5.69 Å². The summed E-state index contributed by atoms with van der Waals surface area (Å²) in [4.78, 5) is 12.6. The van der Waals surface area contributed by atoms with E-state index in [0.29, 0.717) is 11.7 Å². The standard InChI is InChI=1S/C23H22N4O2S/c1-3-27-22(18-12-6-7-14-20(18)29-2)25-26-23(27)30-15-21(28)24-19-13-8-10-16-9-4-5-11-17(16)19/h4-14H,3,15H2,1-2H3,(H,24,28). The summed E-state index contributed by atoms with van der Waals surface area (Å²) < 4.78 is 7.45. The van der Waals surface area contributed by atoms with Crippen molar-refractivity contribution >= 4 is 34.1 Å². The van der Waals surface area contributed by atoms with Crippen molar-refractivity contribution in [3.8, 4) is 17.1 Å². The predicted molar refractivity (Wildman–Crippen MR) is 121 cm³/mol. The van der Waals surface area contributed by atoms with Crippen LogP contribution in [0, 0.1) is 0 Å².